The highest BCUT2D eigenvalue weighted by Crippen LogP contribution is 2.16. The van der Waals surface area contributed by atoms with Gasteiger partial charge >= 0.3 is 0 Å². The van der Waals surface area contributed by atoms with Gasteiger partial charge in [-0.2, -0.15) is 0 Å². The van der Waals surface area contributed by atoms with E-state index in [1.54, 1.807) is 0 Å². The van der Waals surface area contributed by atoms with Gasteiger partial charge in [-0.1, -0.05) is 51.8 Å². The van der Waals surface area contributed by atoms with Crippen LogP contribution in [0.25, 0.3) is 0 Å². The maximum absolute atomic E-state index is 4.05. The predicted octanol–water partition coefficient (Wildman–Crippen LogP) is 4.48. The molecule has 0 unspecified atom stereocenters. The maximum atomic E-state index is 4.05. The molecule has 0 bridgehead atoms. The van der Waals surface area contributed by atoms with E-state index in [0.717, 1.165) is 12.8 Å². The average Bonchev–Trinajstić information content (AvgIpc) is 2.11. The van der Waals surface area contributed by atoms with E-state index in [4.69, 9.17) is 0 Å². The summed E-state index contributed by atoms with van der Waals surface area (Å²) >= 11 is 0. The van der Waals surface area contributed by atoms with Gasteiger partial charge in [0, 0.05) is 0 Å². The number of unbranched alkanes of at least 4 members (excludes halogenated alkanes) is 2. The Kier molecular flexibility index (Phi) is 6.84. The van der Waals surface area contributed by atoms with Crippen molar-refractivity contribution < 1.29 is 0 Å². The number of hydrogen-bond acceptors (Lipinski definition) is 0. The third kappa shape index (κ3) is 4.38. The minimum Gasteiger partial charge on any atom is -0.0956 e. The average molecular weight is 166 g/mol. The van der Waals surface area contributed by atoms with Gasteiger partial charge in [0.15, 0.2) is 0 Å². The molecule has 0 radical (unpaired) electrons. The molecule has 70 valence electrons. The molecule has 0 aromatic rings. The fourth-order valence-corrected chi connectivity index (χ4v) is 1.25. The van der Waals surface area contributed by atoms with E-state index in [9.17, 15) is 0 Å². The van der Waals surface area contributed by atoms with Gasteiger partial charge < -0.3 is 0 Å². The van der Waals surface area contributed by atoms with Crippen LogP contribution in [0.1, 0.15) is 52.9 Å². The lowest BCUT2D eigenvalue weighted by Crippen LogP contribution is -1.85. The second kappa shape index (κ2) is 7.15. The van der Waals surface area contributed by atoms with Crippen molar-refractivity contribution in [2.45, 2.75) is 52.9 Å². The summed E-state index contributed by atoms with van der Waals surface area (Å²) in [5.41, 5.74) is 2.78. The molecule has 0 aliphatic rings. The normalized spacial score (nSPS) is 11.8. The SMILES string of the molecule is C=C(CC)C(=CCCCC)CC. The molecule has 0 aliphatic carbocycles. The molecule has 0 saturated heterocycles. The summed E-state index contributed by atoms with van der Waals surface area (Å²) in [7, 11) is 0. The van der Waals surface area contributed by atoms with E-state index in [1.165, 1.54) is 30.4 Å². The summed E-state index contributed by atoms with van der Waals surface area (Å²) in [4.78, 5) is 0. The summed E-state index contributed by atoms with van der Waals surface area (Å²) < 4.78 is 0. The van der Waals surface area contributed by atoms with Crippen LogP contribution in [0.5, 0.6) is 0 Å². The molecule has 0 atom stereocenters. The van der Waals surface area contributed by atoms with Crippen LogP contribution >= 0.6 is 0 Å². The van der Waals surface area contributed by atoms with Crippen molar-refractivity contribution >= 4 is 0 Å². The molecule has 0 heteroatoms. The summed E-state index contributed by atoms with van der Waals surface area (Å²) in [6.07, 6.45) is 8.39. The molecular weight excluding hydrogens is 144 g/mol. The van der Waals surface area contributed by atoms with E-state index in [0.29, 0.717) is 0 Å². The molecule has 0 N–H and O–H groups in total. The fourth-order valence-electron chi connectivity index (χ4n) is 1.25. The quantitative estimate of drug-likeness (QED) is 0.403. The molecule has 0 aromatic carbocycles. The van der Waals surface area contributed by atoms with Crippen LogP contribution in [0, 0.1) is 0 Å². The Morgan fingerprint density at radius 3 is 2.25 bits per heavy atom. The van der Waals surface area contributed by atoms with Gasteiger partial charge in [-0.25, -0.2) is 0 Å². The highest BCUT2D eigenvalue weighted by molar-refractivity contribution is 5.27. The third-order valence-corrected chi connectivity index (χ3v) is 2.21. The Labute approximate surface area is 77.4 Å². The minimum absolute atomic E-state index is 1.09. The fraction of sp³-hybridized carbons (Fsp3) is 0.667. The molecule has 0 nitrogen and oxygen atoms in total. The van der Waals surface area contributed by atoms with Gasteiger partial charge in [0.1, 0.15) is 0 Å². The number of allylic oxidation sites excluding steroid dienone is 3. The van der Waals surface area contributed by atoms with E-state index >= 15 is 0 Å². The highest BCUT2D eigenvalue weighted by atomic mass is 14.0. The number of hydrogen-bond donors (Lipinski definition) is 0. The topological polar surface area (TPSA) is 0 Å². The molecule has 0 amide bonds. The molecule has 0 spiro atoms. The smallest absolute Gasteiger partial charge is 0.0308 e. The second-order valence-electron chi connectivity index (χ2n) is 3.18. The molecule has 0 fully saturated rings. The van der Waals surface area contributed by atoms with Crippen LogP contribution in [0.3, 0.4) is 0 Å². The van der Waals surface area contributed by atoms with Gasteiger partial charge in [0.05, 0.1) is 0 Å². The Morgan fingerprint density at radius 1 is 1.17 bits per heavy atom. The lowest BCUT2D eigenvalue weighted by atomic mass is 10.0. The van der Waals surface area contributed by atoms with Gasteiger partial charge in [0.25, 0.3) is 0 Å². The Morgan fingerprint density at radius 2 is 1.83 bits per heavy atom. The third-order valence-electron chi connectivity index (χ3n) is 2.21. The van der Waals surface area contributed by atoms with Crippen LogP contribution in [-0.2, 0) is 0 Å². The summed E-state index contributed by atoms with van der Waals surface area (Å²) in [6, 6.07) is 0. The van der Waals surface area contributed by atoms with Crippen LogP contribution in [-0.4, -0.2) is 0 Å². The Balaban J connectivity index is 3.95. The molecule has 0 aromatic heterocycles. The molecular formula is C12H22. The largest absolute Gasteiger partial charge is 0.0956 e. The summed E-state index contributed by atoms with van der Waals surface area (Å²) in [5, 5.41) is 0. The first-order valence-corrected chi connectivity index (χ1v) is 5.13. The Bertz CT molecular complexity index is 151. The van der Waals surface area contributed by atoms with E-state index < -0.39 is 0 Å². The lowest BCUT2D eigenvalue weighted by Gasteiger charge is -2.05. The first-order chi connectivity index (χ1) is 5.76. The molecule has 0 heterocycles. The van der Waals surface area contributed by atoms with Crippen molar-refractivity contribution in [3.05, 3.63) is 23.8 Å². The second-order valence-corrected chi connectivity index (χ2v) is 3.18. The van der Waals surface area contributed by atoms with Crippen LogP contribution in [0.15, 0.2) is 23.8 Å². The number of rotatable bonds is 6. The zero-order valence-electron chi connectivity index (χ0n) is 8.82. The lowest BCUT2D eigenvalue weighted by molar-refractivity contribution is 0.807. The van der Waals surface area contributed by atoms with Crippen LogP contribution in [0.2, 0.25) is 0 Å². The van der Waals surface area contributed by atoms with E-state index in [2.05, 4.69) is 33.4 Å². The molecule has 0 rings (SSSR count). The van der Waals surface area contributed by atoms with Crippen molar-refractivity contribution in [2.75, 3.05) is 0 Å². The van der Waals surface area contributed by atoms with Crippen molar-refractivity contribution in [3.63, 3.8) is 0 Å². The Hall–Kier alpha value is -0.520. The minimum atomic E-state index is 1.09. The van der Waals surface area contributed by atoms with Crippen molar-refractivity contribution in [1.82, 2.24) is 0 Å². The monoisotopic (exact) mass is 166 g/mol. The summed E-state index contributed by atoms with van der Waals surface area (Å²) in [6.45, 7) is 10.7. The van der Waals surface area contributed by atoms with Crippen molar-refractivity contribution in [3.8, 4) is 0 Å². The van der Waals surface area contributed by atoms with Crippen LogP contribution < -0.4 is 0 Å². The first-order valence-electron chi connectivity index (χ1n) is 5.13. The van der Waals surface area contributed by atoms with Crippen molar-refractivity contribution in [1.29, 1.82) is 0 Å². The maximum Gasteiger partial charge on any atom is -0.0308 e. The zero-order chi connectivity index (χ0) is 9.40. The molecule has 0 aliphatic heterocycles. The highest BCUT2D eigenvalue weighted by Gasteiger charge is 1.96. The van der Waals surface area contributed by atoms with Gasteiger partial charge in [-0.3, -0.25) is 0 Å². The molecule has 12 heavy (non-hydrogen) atoms. The van der Waals surface area contributed by atoms with Gasteiger partial charge in [-0.15, -0.1) is 0 Å². The standard InChI is InChI=1S/C12H22/c1-5-8-9-10-12(7-3)11(4)6-2/h10H,4-9H2,1-3H3. The van der Waals surface area contributed by atoms with E-state index in [1.807, 2.05) is 0 Å². The summed E-state index contributed by atoms with van der Waals surface area (Å²) in [5.74, 6) is 0. The molecule has 0 saturated carbocycles. The van der Waals surface area contributed by atoms with Crippen molar-refractivity contribution in [2.24, 2.45) is 0 Å². The predicted molar refractivity (Wildman–Crippen MR) is 57.3 cm³/mol. The first kappa shape index (κ1) is 11.5. The zero-order valence-corrected chi connectivity index (χ0v) is 8.82. The van der Waals surface area contributed by atoms with Gasteiger partial charge in [0.2, 0.25) is 0 Å². The van der Waals surface area contributed by atoms with Gasteiger partial charge in [-0.05, 0) is 24.8 Å². The van der Waals surface area contributed by atoms with E-state index in [-0.39, 0.29) is 0 Å². The van der Waals surface area contributed by atoms with Crippen LogP contribution in [0.4, 0.5) is 0 Å².